The number of amides is 2. The zero-order chi connectivity index (χ0) is 19.6. The maximum atomic E-state index is 12.3. The van der Waals surface area contributed by atoms with Crippen LogP contribution in [0.1, 0.15) is 28.4 Å². The zero-order valence-electron chi connectivity index (χ0n) is 14.5. The molecule has 142 valence electrons. The number of halogens is 3. The highest BCUT2D eigenvalue weighted by Gasteiger charge is 2.29. The molecule has 1 aliphatic heterocycles. The number of benzene rings is 2. The number of fused-ring (bicyclic) bond motifs is 1. The first-order valence-electron chi connectivity index (χ1n) is 8.27. The molecule has 0 radical (unpaired) electrons. The summed E-state index contributed by atoms with van der Waals surface area (Å²) in [5.41, 5.74) is -1.20. The number of carbonyl (C=O) groups is 2. The fourth-order valence-electron chi connectivity index (χ4n) is 2.98. The van der Waals surface area contributed by atoms with Gasteiger partial charge in [-0.1, -0.05) is 12.1 Å². The Labute approximate surface area is 158 Å². The van der Waals surface area contributed by atoms with Crippen molar-refractivity contribution in [2.45, 2.75) is 30.3 Å². The Balaban J connectivity index is 1.60. The second kappa shape index (κ2) is 7.64. The quantitative estimate of drug-likeness (QED) is 0.793. The third kappa shape index (κ3) is 4.82. The van der Waals surface area contributed by atoms with Gasteiger partial charge in [-0.3, -0.25) is 9.59 Å². The molecule has 0 spiro atoms. The third-order valence-electron chi connectivity index (χ3n) is 4.22. The first-order chi connectivity index (χ1) is 12.7. The van der Waals surface area contributed by atoms with Crippen LogP contribution in [-0.2, 0) is 17.8 Å². The lowest BCUT2D eigenvalue weighted by atomic mass is 10.1. The van der Waals surface area contributed by atoms with E-state index in [-0.39, 0.29) is 28.5 Å². The van der Waals surface area contributed by atoms with Crippen molar-refractivity contribution in [2.75, 3.05) is 11.4 Å². The lowest BCUT2D eigenvalue weighted by Crippen LogP contribution is -2.25. The van der Waals surface area contributed by atoms with Gasteiger partial charge in [-0.25, -0.2) is 0 Å². The van der Waals surface area contributed by atoms with Crippen LogP contribution in [0.25, 0.3) is 0 Å². The molecule has 1 N–H and O–H groups in total. The van der Waals surface area contributed by atoms with Crippen LogP contribution in [0.4, 0.5) is 18.9 Å². The first-order valence-corrected chi connectivity index (χ1v) is 9.08. The van der Waals surface area contributed by atoms with Crippen molar-refractivity contribution in [3.05, 3.63) is 59.2 Å². The molecule has 0 bridgehead atoms. The van der Waals surface area contributed by atoms with E-state index in [1.165, 1.54) is 31.2 Å². The molecule has 0 saturated carbocycles. The van der Waals surface area contributed by atoms with Gasteiger partial charge in [0.25, 0.3) is 5.91 Å². The number of anilines is 1. The van der Waals surface area contributed by atoms with Crippen LogP contribution < -0.4 is 10.2 Å². The highest BCUT2D eigenvalue weighted by molar-refractivity contribution is 8.00. The van der Waals surface area contributed by atoms with Crippen molar-refractivity contribution in [1.82, 2.24) is 5.32 Å². The molecule has 0 aliphatic carbocycles. The Hall–Kier alpha value is -2.48. The predicted octanol–water partition coefficient (Wildman–Crippen LogP) is 4.14. The smallest absolute Gasteiger partial charge is 0.348 e. The van der Waals surface area contributed by atoms with Crippen LogP contribution in [0.2, 0.25) is 0 Å². The highest BCUT2D eigenvalue weighted by atomic mass is 32.2. The summed E-state index contributed by atoms with van der Waals surface area (Å²) in [7, 11) is 0. The van der Waals surface area contributed by atoms with E-state index in [2.05, 4.69) is 5.32 Å². The summed E-state index contributed by atoms with van der Waals surface area (Å²) in [6, 6.07) is 11.0. The van der Waals surface area contributed by atoms with Gasteiger partial charge in [0.15, 0.2) is 0 Å². The van der Waals surface area contributed by atoms with Crippen molar-refractivity contribution < 1.29 is 22.8 Å². The number of carbonyl (C=O) groups excluding carboxylic acids is 2. The molecule has 4 nitrogen and oxygen atoms in total. The molecule has 8 heteroatoms. The largest absolute Gasteiger partial charge is 0.446 e. The van der Waals surface area contributed by atoms with Crippen LogP contribution in [0.3, 0.4) is 0 Å². The van der Waals surface area contributed by atoms with Crippen molar-refractivity contribution in [2.24, 2.45) is 0 Å². The van der Waals surface area contributed by atoms with Gasteiger partial charge in [-0.2, -0.15) is 13.2 Å². The molecule has 1 heterocycles. The molecule has 1 aliphatic rings. The van der Waals surface area contributed by atoms with E-state index in [4.69, 9.17) is 0 Å². The van der Waals surface area contributed by atoms with E-state index >= 15 is 0 Å². The van der Waals surface area contributed by atoms with Gasteiger partial charge in [0, 0.05) is 36.2 Å². The lowest BCUT2D eigenvalue weighted by Gasteiger charge is -2.15. The van der Waals surface area contributed by atoms with Crippen LogP contribution in [0, 0.1) is 0 Å². The predicted molar refractivity (Wildman–Crippen MR) is 97.7 cm³/mol. The lowest BCUT2D eigenvalue weighted by molar-refractivity contribution is -0.116. The highest BCUT2D eigenvalue weighted by Crippen LogP contribution is 2.36. The van der Waals surface area contributed by atoms with Gasteiger partial charge in [-0.15, -0.1) is 0 Å². The minimum Gasteiger partial charge on any atom is -0.348 e. The summed E-state index contributed by atoms with van der Waals surface area (Å²) >= 11 is -0.215. The summed E-state index contributed by atoms with van der Waals surface area (Å²) in [6.07, 6.45) is 0.773. The maximum Gasteiger partial charge on any atom is 0.446 e. The van der Waals surface area contributed by atoms with Crippen LogP contribution in [0.15, 0.2) is 47.4 Å². The van der Waals surface area contributed by atoms with E-state index in [1.807, 2.05) is 18.2 Å². The normalized spacial score (nSPS) is 13.4. The van der Waals surface area contributed by atoms with E-state index in [0.717, 1.165) is 23.2 Å². The molecule has 27 heavy (non-hydrogen) atoms. The SMILES string of the molecule is CC(=O)N1CCc2cc(CNC(=O)c3ccc(SC(F)(F)F)cc3)ccc21. The minimum absolute atomic E-state index is 0.00179. The standard InChI is InChI=1S/C19H17F3N2O2S/c1-12(25)24-9-8-15-10-13(2-7-17(15)24)11-23-18(26)14-3-5-16(6-4-14)27-19(20,21)22/h2-7,10H,8-9,11H2,1H3,(H,23,26). The van der Waals surface area contributed by atoms with Crippen molar-refractivity contribution in [1.29, 1.82) is 0 Å². The summed E-state index contributed by atoms with van der Waals surface area (Å²) in [4.78, 5) is 25.5. The molecule has 3 rings (SSSR count). The fraction of sp³-hybridized carbons (Fsp3) is 0.263. The van der Waals surface area contributed by atoms with Crippen LogP contribution >= 0.6 is 11.8 Å². The van der Waals surface area contributed by atoms with Crippen molar-refractivity contribution in [3.8, 4) is 0 Å². The second-order valence-electron chi connectivity index (χ2n) is 6.14. The zero-order valence-corrected chi connectivity index (χ0v) is 15.3. The molecule has 2 amide bonds. The van der Waals surface area contributed by atoms with Gasteiger partial charge < -0.3 is 10.2 Å². The number of thioether (sulfide) groups is 1. The molecule has 2 aromatic carbocycles. The monoisotopic (exact) mass is 394 g/mol. The summed E-state index contributed by atoms with van der Waals surface area (Å²) in [5, 5.41) is 2.76. The second-order valence-corrected chi connectivity index (χ2v) is 7.28. The van der Waals surface area contributed by atoms with Gasteiger partial charge >= 0.3 is 5.51 Å². The first kappa shape index (κ1) is 19.3. The molecule has 0 unspecified atom stereocenters. The number of rotatable bonds is 4. The molecule has 0 fully saturated rings. The van der Waals surface area contributed by atoms with Gasteiger partial charge in [-0.05, 0) is 59.6 Å². The van der Waals surface area contributed by atoms with E-state index in [0.29, 0.717) is 18.7 Å². The van der Waals surface area contributed by atoms with E-state index < -0.39 is 5.51 Å². The number of hydrogen-bond donors (Lipinski definition) is 1. The summed E-state index contributed by atoms with van der Waals surface area (Å²) in [6.45, 7) is 2.48. The Bertz CT molecular complexity index is 866. The van der Waals surface area contributed by atoms with Crippen molar-refractivity contribution >= 4 is 29.3 Å². The Morgan fingerprint density at radius 2 is 1.85 bits per heavy atom. The Morgan fingerprint density at radius 1 is 1.15 bits per heavy atom. The molecular formula is C19H17F3N2O2S. The Morgan fingerprint density at radius 3 is 2.48 bits per heavy atom. The van der Waals surface area contributed by atoms with Crippen molar-refractivity contribution in [3.63, 3.8) is 0 Å². The van der Waals surface area contributed by atoms with Gasteiger partial charge in [0.2, 0.25) is 5.91 Å². The number of alkyl halides is 3. The van der Waals surface area contributed by atoms with E-state index in [1.54, 1.807) is 4.90 Å². The van der Waals surface area contributed by atoms with Crippen LogP contribution in [-0.4, -0.2) is 23.9 Å². The Kier molecular flexibility index (Phi) is 5.46. The van der Waals surface area contributed by atoms with E-state index in [9.17, 15) is 22.8 Å². The third-order valence-corrected chi connectivity index (χ3v) is 4.96. The molecule has 0 saturated heterocycles. The molecule has 2 aromatic rings. The number of nitrogens with one attached hydrogen (secondary N) is 1. The molecule has 0 atom stereocenters. The fourth-order valence-corrected chi connectivity index (χ4v) is 3.52. The molecular weight excluding hydrogens is 377 g/mol. The average Bonchev–Trinajstić information content (AvgIpc) is 3.02. The van der Waals surface area contributed by atoms with Crippen LogP contribution in [0.5, 0.6) is 0 Å². The van der Waals surface area contributed by atoms with Gasteiger partial charge in [0.05, 0.1) is 0 Å². The molecule has 0 aromatic heterocycles. The minimum atomic E-state index is -4.35. The number of nitrogens with zero attached hydrogens (tertiary/aromatic N) is 1. The summed E-state index contributed by atoms with van der Waals surface area (Å²) < 4.78 is 37.0. The average molecular weight is 394 g/mol. The summed E-state index contributed by atoms with van der Waals surface area (Å²) in [5.74, 6) is -0.355. The number of hydrogen-bond acceptors (Lipinski definition) is 3. The maximum absolute atomic E-state index is 12.3. The van der Waals surface area contributed by atoms with Gasteiger partial charge in [0.1, 0.15) is 0 Å². The topological polar surface area (TPSA) is 49.4 Å².